The highest BCUT2D eigenvalue weighted by Gasteiger charge is 2.17. The van der Waals surface area contributed by atoms with Gasteiger partial charge in [0.05, 0.1) is 5.56 Å². The number of carbonyl (C=O) groups excluding carboxylic acids is 2. The number of carbonyl (C=O) groups is 2. The van der Waals surface area contributed by atoms with Gasteiger partial charge < -0.3 is 19.5 Å². The Labute approximate surface area is 158 Å². The molecule has 6 nitrogen and oxygen atoms in total. The predicted molar refractivity (Wildman–Crippen MR) is 100 cm³/mol. The molecule has 142 valence electrons. The third kappa shape index (κ3) is 5.48. The summed E-state index contributed by atoms with van der Waals surface area (Å²) in [6.45, 7) is 2.54. The van der Waals surface area contributed by atoms with Crippen molar-refractivity contribution in [3.63, 3.8) is 0 Å². The van der Waals surface area contributed by atoms with Gasteiger partial charge in [-0.1, -0.05) is 30.3 Å². The van der Waals surface area contributed by atoms with Crippen molar-refractivity contribution in [3.05, 3.63) is 59.7 Å². The molecule has 0 saturated carbocycles. The highest BCUT2D eigenvalue weighted by Crippen LogP contribution is 2.30. The number of amides is 1. The number of ether oxygens (including phenoxy) is 3. The Kier molecular flexibility index (Phi) is 6.30. The van der Waals surface area contributed by atoms with Crippen molar-refractivity contribution in [2.45, 2.75) is 25.8 Å². The largest absolute Gasteiger partial charge is 0.486 e. The summed E-state index contributed by atoms with van der Waals surface area (Å²) >= 11 is 0. The van der Waals surface area contributed by atoms with Gasteiger partial charge in [-0.3, -0.25) is 4.79 Å². The van der Waals surface area contributed by atoms with Crippen LogP contribution in [0, 0.1) is 0 Å². The van der Waals surface area contributed by atoms with Crippen molar-refractivity contribution in [1.82, 2.24) is 5.32 Å². The van der Waals surface area contributed by atoms with Crippen molar-refractivity contribution in [3.8, 4) is 11.5 Å². The summed E-state index contributed by atoms with van der Waals surface area (Å²) in [4.78, 5) is 24.1. The molecule has 1 atom stereocenters. The molecule has 0 saturated heterocycles. The Morgan fingerprint density at radius 2 is 1.81 bits per heavy atom. The van der Waals surface area contributed by atoms with Gasteiger partial charge in [-0.15, -0.1) is 0 Å². The van der Waals surface area contributed by atoms with E-state index in [-0.39, 0.29) is 18.6 Å². The van der Waals surface area contributed by atoms with E-state index in [0.29, 0.717) is 30.3 Å². The fraction of sp³-hybridized carbons (Fsp3) is 0.333. The first-order valence-corrected chi connectivity index (χ1v) is 9.02. The van der Waals surface area contributed by atoms with Gasteiger partial charge in [-0.25, -0.2) is 4.79 Å². The highest BCUT2D eigenvalue weighted by atomic mass is 16.6. The van der Waals surface area contributed by atoms with Gasteiger partial charge in [0, 0.05) is 6.04 Å². The van der Waals surface area contributed by atoms with Gasteiger partial charge in [-0.2, -0.15) is 0 Å². The fourth-order valence-corrected chi connectivity index (χ4v) is 2.80. The molecular formula is C21H23NO5. The zero-order valence-electron chi connectivity index (χ0n) is 15.3. The van der Waals surface area contributed by atoms with E-state index in [9.17, 15) is 9.59 Å². The SMILES string of the molecule is CC(CCc1ccccc1)NC(=O)COC(=O)c1ccc2c(c1)OCCO2. The summed E-state index contributed by atoms with van der Waals surface area (Å²) in [6.07, 6.45) is 1.69. The Hall–Kier alpha value is -3.02. The number of esters is 1. The molecular weight excluding hydrogens is 346 g/mol. The standard InChI is InChI=1S/C21H23NO5/c1-15(7-8-16-5-3-2-4-6-16)22-20(23)14-27-21(24)17-9-10-18-19(13-17)26-12-11-25-18/h2-6,9-10,13,15H,7-8,11-12,14H2,1H3,(H,22,23). The molecule has 0 spiro atoms. The zero-order valence-corrected chi connectivity index (χ0v) is 15.3. The summed E-state index contributed by atoms with van der Waals surface area (Å²) in [5.74, 6) is 0.220. The highest BCUT2D eigenvalue weighted by molar-refractivity contribution is 5.92. The van der Waals surface area contributed by atoms with Gasteiger partial charge in [0.25, 0.3) is 5.91 Å². The lowest BCUT2D eigenvalue weighted by Crippen LogP contribution is -2.36. The molecule has 1 heterocycles. The van der Waals surface area contributed by atoms with E-state index in [0.717, 1.165) is 12.8 Å². The fourth-order valence-electron chi connectivity index (χ4n) is 2.80. The summed E-state index contributed by atoms with van der Waals surface area (Å²) in [5.41, 5.74) is 1.55. The number of nitrogens with one attached hydrogen (secondary N) is 1. The lowest BCUT2D eigenvalue weighted by atomic mass is 10.1. The van der Waals surface area contributed by atoms with E-state index < -0.39 is 5.97 Å². The van der Waals surface area contributed by atoms with Crippen molar-refractivity contribution in [2.75, 3.05) is 19.8 Å². The minimum absolute atomic E-state index is 0.00861. The van der Waals surface area contributed by atoms with Gasteiger partial charge in [0.15, 0.2) is 18.1 Å². The normalized spacial score (nSPS) is 13.5. The minimum atomic E-state index is -0.570. The van der Waals surface area contributed by atoms with Crippen LogP contribution in [0.1, 0.15) is 29.3 Å². The molecule has 0 radical (unpaired) electrons. The van der Waals surface area contributed by atoms with Crippen LogP contribution in [0.5, 0.6) is 11.5 Å². The molecule has 1 unspecified atom stereocenters. The zero-order chi connectivity index (χ0) is 19.1. The van der Waals surface area contributed by atoms with Crippen molar-refractivity contribution in [2.24, 2.45) is 0 Å². The molecule has 0 fully saturated rings. The number of rotatable bonds is 7. The van der Waals surface area contributed by atoms with Gasteiger partial charge in [0.1, 0.15) is 13.2 Å². The van der Waals surface area contributed by atoms with Crippen LogP contribution in [0.3, 0.4) is 0 Å². The second kappa shape index (κ2) is 9.07. The van der Waals surface area contributed by atoms with E-state index >= 15 is 0 Å². The van der Waals surface area contributed by atoms with Crippen molar-refractivity contribution in [1.29, 1.82) is 0 Å². The maximum Gasteiger partial charge on any atom is 0.338 e. The van der Waals surface area contributed by atoms with Crippen molar-refractivity contribution >= 4 is 11.9 Å². The molecule has 6 heteroatoms. The summed E-state index contributed by atoms with van der Waals surface area (Å²) in [5, 5.41) is 2.85. The number of hydrogen-bond acceptors (Lipinski definition) is 5. The third-order valence-electron chi connectivity index (χ3n) is 4.23. The Morgan fingerprint density at radius 1 is 1.07 bits per heavy atom. The smallest absolute Gasteiger partial charge is 0.338 e. The summed E-state index contributed by atoms with van der Waals surface area (Å²) < 4.78 is 16.0. The van der Waals surface area contributed by atoms with Crippen LogP contribution in [0.4, 0.5) is 0 Å². The monoisotopic (exact) mass is 369 g/mol. The first-order valence-electron chi connectivity index (χ1n) is 9.02. The van der Waals surface area contributed by atoms with Crippen LogP contribution in [0.15, 0.2) is 48.5 Å². The molecule has 2 aromatic rings. The van der Waals surface area contributed by atoms with E-state index in [4.69, 9.17) is 14.2 Å². The molecule has 0 aromatic heterocycles. The molecule has 0 aliphatic carbocycles. The van der Waals surface area contributed by atoms with Gasteiger partial charge in [0.2, 0.25) is 0 Å². The average molecular weight is 369 g/mol. The molecule has 1 amide bonds. The molecule has 0 bridgehead atoms. The van der Waals surface area contributed by atoms with Crippen LogP contribution < -0.4 is 14.8 Å². The van der Waals surface area contributed by atoms with Crippen molar-refractivity contribution < 1.29 is 23.8 Å². The Bertz CT molecular complexity index is 790. The molecule has 1 N–H and O–H groups in total. The number of aryl methyl sites for hydroxylation is 1. The van der Waals surface area contributed by atoms with Crippen LogP contribution in [-0.4, -0.2) is 37.7 Å². The van der Waals surface area contributed by atoms with E-state index in [2.05, 4.69) is 17.4 Å². The van der Waals surface area contributed by atoms with Gasteiger partial charge >= 0.3 is 5.97 Å². The van der Waals surface area contributed by atoms with Crippen LogP contribution in [0.2, 0.25) is 0 Å². The summed E-state index contributed by atoms with van der Waals surface area (Å²) in [6, 6.07) is 14.9. The van der Waals surface area contributed by atoms with Crippen LogP contribution in [0.25, 0.3) is 0 Å². The lowest BCUT2D eigenvalue weighted by molar-refractivity contribution is -0.124. The second-order valence-electron chi connectivity index (χ2n) is 6.43. The topological polar surface area (TPSA) is 73.9 Å². The average Bonchev–Trinajstić information content (AvgIpc) is 2.71. The number of benzene rings is 2. The van der Waals surface area contributed by atoms with E-state index in [1.807, 2.05) is 25.1 Å². The number of fused-ring (bicyclic) bond motifs is 1. The number of hydrogen-bond donors (Lipinski definition) is 1. The van der Waals surface area contributed by atoms with Crippen LogP contribution >= 0.6 is 0 Å². The molecule has 1 aliphatic heterocycles. The molecule has 3 rings (SSSR count). The van der Waals surface area contributed by atoms with Crippen LogP contribution in [-0.2, 0) is 16.0 Å². The van der Waals surface area contributed by atoms with Gasteiger partial charge in [-0.05, 0) is 43.5 Å². The maximum absolute atomic E-state index is 12.1. The predicted octanol–water partition coefficient (Wildman–Crippen LogP) is 2.75. The molecule has 2 aromatic carbocycles. The first-order chi connectivity index (χ1) is 13.1. The minimum Gasteiger partial charge on any atom is -0.486 e. The quantitative estimate of drug-likeness (QED) is 0.760. The third-order valence-corrected chi connectivity index (χ3v) is 4.23. The second-order valence-corrected chi connectivity index (χ2v) is 6.43. The lowest BCUT2D eigenvalue weighted by Gasteiger charge is -2.18. The van der Waals surface area contributed by atoms with E-state index in [1.54, 1.807) is 18.2 Å². The first kappa shape index (κ1) is 18.8. The molecule has 1 aliphatic rings. The summed E-state index contributed by atoms with van der Waals surface area (Å²) in [7, 11) is 0. The Morgan fingerprint density at radius 3 is 2.59 bits per heavy atom. The maximum atomic E-state index is 12.1. The van der Waals surface area contributed by atoms with E-state index in [1.165, 1.54) is 5.56 Å². The molecule has 27 heavy (non-hydrogen) atoms. The Balaban J connectivity index is 1.42.